The van der Waals surface area contributed by atoms with E-state index in [0.717, 1.165) is 32.1 Å². The fourth-order valence-electron chi connectivity index (χ4n) is 3.95. The number of nitrogens with zero attached hydrogens (tertiary/aromatic N) is 1. The van der Waals surface area contributed by atoms with Gasteiger partial charge in [0.15, 0.2) is 0 Å². The maximum atomic E-state index is 10.0. The third kappa shape index (κ3) is 6.55. The molecule has 1 rings (SSSR count). The van der Waals surface area contributed by atoms with Gasteiger partial charge in [-0.05, 0) is 58.0 Å². The Morgan fingerprint density at radius 2 is 2.10 bits per heavy atom. The normalized spacial score (nSPS) is 28.1. The van der Waals surface area contributed by atoms with Gasteiger partial charge in [-0.25, -0.2) is 0 Å². The second-order valence-corrected chi connectivity index (χ2v) is 7.86. The van der Waals surface area contributed by atoms with Crippen molar-refractivity contribution in [3.05, 3.63) is 0 Å². The van der Waals surface area contributed by atoms with Crippen molar-refractivity contribution in [1.82, 2.24) is 10.2 Å². The Bertz CT molecular complexity index is 275. The summed E-state index contributed by atoms with van der Waals surface area (Å²) in [5, 5.41) is 13.7. The minimum absolute atomic E-state index is 0.396. The fourth-order valence-corrected chi connectivity index (χ4v) is 3.95. The van der Waals surface area contributed by atoms with Crippen LogP contribution in [0.4, 0.5) is 0 Å². The van der Waals surface area contributed by atoms with Crippen LogP contribution in [-0.4, -0.2) is 48.8 Å². The molecule has 0 spiro atoms. The van der Waals surface area contributed by atoms with E-state index in [1.165, 1.54) is 32.1 Å². The molecule has 1 aliphatic rings. The zero-order valence-corrected chi connectivity index (χ0v) is 14.3. The first-order valence-corrected chi connectivity index (χ1v) is 8.38. The Kier molecular flexibility index (Phi) is 6.96. The Morgan fingerprint density at radius 3 is 2.65 bits per heavy atom. The molecule has 0 aromatic carbocycles. The first-order valence-electron chi connectivity index (χ1n) is 8.38. The summed E-state index contributed by atoms with van der Waals surface area (Å²) in [6, 6.07) is 0. The highest BCUT2D eigenvalue weighted by Crippen LogP contribution is 2.39. The molecule has 0 heterocycles. The molecule has 0 radical (unpaired) electrons. The van der Waals surface area contributed by atoms with Crippen LogP contribution in [0.3, 0.4) is 0 Å². The largest absolute Gasteiger partial charge is 0.389 e. The topological polar surface area (TPSA) is 35.5 Å². The van der Waals surface area contributed by atoms with Crippen LogP contribution in [-0.2, 0) is 0 Å². The lowest BCUT2D eigenvalue weighted by Gasteiger charge is -2.43. The smallest absolute Gasteiger partial charge is 0.0718 e. The Morgan fingerprint density at radius 1 is 1.40 bits per heavy atom. The second-order valence-electron chi connectivity index (χ2n) is 7.86. The molecule has 1 fully saturated rings. The van der Waals surface area contributed by atoms with Gasteiger partial charge in [0.25, 0.3) is 0 Å². The van der Waals surface area contributed by atoms with Crippen LogP contribution in [0.1, 0.15) is 59.8 Å². The van der Waals surface area contributed by atoms with E-state index in [2.05, 4.69) is 31.1 Å². The van der Waals surface area contributed by atoms with Crippen LogP contribution >= 0.6 is 0 Å². The standard InChI is InChI=1S/C17H36N2O/c1-6-10-18-12-17(9-7-8-15(2)11-17)14-19(5)13-16(3,4)20/h15,18,20H,6-14H2,1-5H3. The van der Waals surface area contributed by atoms with E-state index < -0.39 is 5.60 Å². The highest BCUT2D eigenvalue weighted by molar-refractivity contribution is 4.90. The first kappa shape index (κ1) is 17.9. The molecule has 2 atom stereocenters. The van der Waals surface area contributed by atoms with Gasteiger partial charge < -0.3 is 15.3 Å². The van der Waals surface area contributed by atoms with E-state index in [1.54, 1.807) is 0 Å². The molecule has 3 heteroatoms. The van der Waals surface area contributed by atoms with Crippen molar-refractivity contribution in [3.63, 3.8) is 0 Å². The van der Waals surface area contributed by atoms with Crippen LogP contribution in [0.15, 0.2) is 0 Å². The van der Waals surface area contributed by atoms with Crippen molar-refractivity contribution in [3.8, 4) is 0 Å². The van der Waals surface area contributed by atoms with Crippen LogP contribution in [0.25, 0.3) is 0 Å². The minimum Gasteiger partial charge on any atom is -0.389 e. The molecule has 2 N–H and O–H groups in total. The predicted molar refractivity (Wildman–Crippen MR) is 87.0 cm³/mol. The minimum atomic E-state index is -0.604. The first-order chi connectivity index (χ1) is 9.26. The highest BCUT2D eigenvalue weighted by Gasteiger charge is 2.36. The molecule has 0 aromatic heterocycles. The summed E-state index contributed by atoms with van der Waals surface area (Å²) in [6.45, 7) is 12.5. The zero-order valence-electron chi connectivity index (χ0n) is 14.3. The van der Waals surface area contributed by atoms with E-state index in [-0.39, 0.29) is 0 Å². The molecule has 2 unspecified atom stereocenters. The Labute approximate surface area is 126 Å². The van der Waals surface area contributed by atoms with E-state index in [0.29, 0.717) is 5.41 Å². The summed E-state index contributed by atoms with van der Waals surface area (Å²) in [6.07, 6.45) is 6.57. The van der Waals surface area contributed by atoms with Gasteiger partial charge in [-0.2, -0.15) is 0 Å². The monoisotopic (exact) mass is 284 g/mol. The average molecular weight is 284 g/mol. The van der Waals surface area contributed by atoms with Gasteiger partial charge in [0, 0.05) is 19.6 Å². The lowest BCUT2D eigenvalue weighted by Crippen LogP contribution is -2.48. The van der Waals surface area contributed by atoms with Gasteiger partial charge in [0.1, 0.15) is 0 Å². The van der Waals surface area contributed by atoms with Crippen LogP contribution in [0, 0.1) is 11.3 Å². The van der Waals surface area contributed by atoms with Gasteiger partial charge in [-0.1, -0.05) is 26.7 Å². The van der Waals surface area contributed by atoms with Crippen molar-refractivity contribution < 1.29 is 5.11 Å². The number of aliphatic hydroxyl groups is 1. The van der Waals surface area contributed by atoms with E-state index >= 15 is 0 Å². The molecule has 0 aromatic rings. The average Bonchev–Trinajstić information content (AvgIpc) is 2.26. The van der Waals surface area contributed by atoms with Gasteiger partial charge in [0.2, 0.25) is 0 Å². The maximum absolute atomic E-state index is 10.0. The van der Waals surface area contributed by atoms with Crippen molar-refractivity contribution in [2.24, 2.45) is 11.3 Å². The van der Waals surface area contributed by atoms with Crippen molar-refractivity contribution >= 4 is 0 Å². The van der Waals surface area contributed by atoms with E-state index in [4.69, 9.17) is 0 Å². The van der Waals surface area contributed by atoms with Crippen molar-refractivity contribution in [2.75, 3.05) is 33.2 Å². The quantitative estimate of drug-likeness (QED) is 0.673. The zero-order chi connectivity index (χ0) is 15.2. The molecule has 0 aliphatic heterocycles. The third-order valence-corrected chi connectivity index (χ3v) is 4.37. The molecule has 1 aliphatic carbocycles. The number of nitrogens with one attached hydrogen (secondary N) is 1. The predicted octanol–water partition coefficient (Wildman–Crippen LogP) is 2.89. The Hall–Kier alpha value is -0.120. The molecule has 0 bridgehead atoms. The summed E-state index contributed by atoms with van der Waals surface area (Å²) in [4.78, 5) is 2.33. The molecule has 120 valence electrons. The van der Waals surface area contributed by atoms with Crippen molar-refractivity contribution in [1.29, 1.82) is 0 Å². The van der Waals surface area contributed by atoms with Crippen LogP contribution in [0.2, 0.25) is 0 Å². The van der Waals surface area contributed by atoms with Crippen molar-refractivity contribution in [2.45, 2.75) is 65.4 Å². The lowest BCUT2D eigenvalue weighted by molar-refractivity contribution is 0.0183. The lowest BCUT2D eigenvalue weighted by atomic mass is 9.69. The molecule has 0 amide bonds. The fraction of sp³-hybridized carbons (Fsp3) is 1.00. The van der Waals surface area contributed by atoms with Crippen LogP contribution in [0.5, 0.6) is 0 Å². The number of rotatable bonds is 8. The summed E-state index contributed by atoms with van der Waals surface area (Å²) < 4.78 is 0. The molecule has 3 nitrogen and oxygen atoms in total. The van der Waals surface area contributed by atoms with E-state index in [9.17, 15) is 5.11 Å². The second kappa shape index (κ2) is 7.77. The number of hydrogen-bond acceptors (Lipinski definition) is 3. The molecular weight excluding hydrogens is 248 g/mol. The SMILES string of the molecule is CCCNCC1(CN(C)CC(C)(C)O)CCCC(C)C1. The summed E-state index contributed by atoms with van der Waals surface area (Å²) in [5.41, 5.74) is -0.208. The Balaban J connectivity index is 2.61. The van der Waals surface area contributed by atoms with Gasteiger partial charge >= 0.3 is 0 Å². The molecule has 0 saturated heterocycles. The summed E-state index contributed by atoms with van der Waals surface area (Å²) >= 11 is 0. The molecule has 1 saturated carbocycles. The summed E-state index contributed by atoms with van der Waals surface area (Å²) in [5.74, 6) is 0.836. The van der Waals surface area contributed by atoms with Crippen LogP contribution < -0.4 is 5.32 Å². The van der Waals surface area contributed by atoms with E-state index in [1.807, 2.05) is 13.8 Å². The third-order valence-electron chi connectivity index (χ3n) is 4.37. The number of hydrogen-bond donors (Lipinski definition) is 2. The van der Waals surface area contributed by atoms with Gasteiger partial charge in [-0.15, -0.1) is 0 Å². The van der Waals surface area contributed by atoms with Gasteiger partial charge in [0.05, 0.1) is 5.60 Å². The molecular formula is C17H36N2O. The van der Waals surface area contributed by atoms with Gasteiger partial charge in [-0.3, -0.25) is 0 Å². The number of likely N-dealkylation sites (N-methyl/N-ethyl adjacent to an activating group) is 1. The summed E-state index contributed by atoms with van der Waals surface area (Å²) in [7, 11) is 2.15. The molecule has 20 heavy (non-hydrogen) atoms. The maximum Gasteiger partial charge on any atom is 0.0718 e. The highest BCUT2D eigenvalue weighted by atomic mass is 16.3.